The first-order valence-corrected chi connectivity index (χ1v) is 9.45. The fourth-order valence-corrected chi connectivity index (χ4v) is 4.10. The summed E-state index contributed by atoms with van der Waals surface area (Å²) in [7, 11) is 0. The Morgan fingerprint density at radius 3 is 2.84 bits per heavy atom. The number of aryl methyl sites for hydroxylation is 1. The van der Waals surface area contributed by atoms with Crippen molar-refractivity contribution >= 4 is 5.91 Å². The molecule has 1 N–H and O–H groups in total. The Labute approximate surface area is 146 Å². The number of likely N-dealkylation sites (tertiary alicyclic amines) is 1. The SMILES string of the molecule is O=C(CCn1cccn1)N1C[C@H](c2nc(C3CC3)n[nH]2)[C@@H](C2CC2)C1. The Morgan fingerprint density at radius 2 is 2.12 bits per heavy atom. The Morgan fingerprint density at radius 1 is 1.24 bits per heavy atom. The molecule has 3 aliphatic rings. The molecule has 2 saturated carbocycles. The van der Waals surface area contributed by atoms with Crippen LogP contribution in [0.5, 0.6) is 0 Å². The maximum atomic E-state index is 12.7. The average Bonchev–Trinajstić information content (AvgIpc) is 3.49. The lowest BCUT2D eigenvalue weighted by Gasteiger charge is -2.16. The van der Waals surface area contributed by atoms with Crippen molar-refractivity contribution in [3.63, 3.8) is 0 Å². The van der Waals surface area contributed by atoms with E-state index in [4.69, 9.17) is 4.98 Å². The van der Waals surface area contributed by atoms with Gasteiger partial charge in [-0.3, -0.25) is 14.6 Å². The molecule has 2 aromatic rings. The van der Waals surface area contributed by atoms with E-state index in [0.29, 0.717) is 30.7 Å². The van der Waals surface area contributed by atoms with E-state index in [1.165, 1.54) is 25.7 Å². The summed E-state index contributed by atoms with van der Waals surface area (Å²) in [4.78, 5) is 19.5. The number of amides is 1. The molecule has 25 heavy (non-hydrogen) atoms. The fraction of sp³-hybridized carbons (Fsp3) is 0.667. The summed E-state index contributed by atoms with van der Waals surface area (Å²) in [6.07, 6.45) is 9.18. The molecule has 3 heterocycles. The molecular weight excluding hydrogens is 316 g/mol. The van der Waals surface area contributed by atoms with Gasteiger partial charge in [-0.25, -0.2) is 4.98 Å². The number of hydrogen-bond acceptors (Lipinski definition) is 4. The van der Waals surface area contributed by atoms with E-state index in [1.54, 1.807) is 6.20 Å². The summed E-state index contributed by atoms with van der Waals surface area (Å²) >= 11 is 0. The van der Waals surface area contributed by atoms with Gasteiger partial charge in [-0.2, -0.15) is 10.2 Å². The number of carbonyl (C=O) groups excluding carboxylic acids is 1. The van der Waals surface area contributed by atoms with E-state index >= 15 is 0 Å². The summed E-state index contributed by atoms with van der Waals surface area (Å²) in [5, 5.41) is 11.8. The lowest BCUT2D eigenvalue weighted by Crippen LogP contribution is -2.30. The van der Waals surface area contributed by atoms with E-state index in [1.807, 2.05) is 21.8 Å². The van der Waals surface area contributed by atoms with Crippen LogP contribution >= 0.6 is 0 Å². The quantitative estimate of drug-likeness (QED) is 0.871. The molecule has 132 valence electrons. The van der Waals surface area contributed by atoms with Gasteiger partial charge in [0.2, 0.25) is 5.91 Å². The molecule has 0 aromatic carbocycles. The number of aromatic amines is 1. The highest BCUT2D eigenvalue weighted by Crippen LogP contribution is 2.47. The monoisotopic (exact) mass is 340 g/mol. The van der Waals surface area contributed by atoms with E-state index < -0.39 is 0 Å². The predicted octanol–water partition coefficient (Wildman–Crippen LogP) is 1.92. The molecule has 2 aromatic heterocycles. The van der Waals surface area contributed by atoms with Gasteiger partial charge in [0.1, 0.15) is 5.82 Å². The summed E-state index contributed by atoms with van der Waals surface area (Å²) in [5.74, 6) is 4.38. The zero-order valence-electron chi connectivity index (χ0n) is 14.3. The summed E-state index contributed by atoms with van der Waals surface area (Å²) in [6.45, 7) is 2.29. The molecular formula is C18H24N6O. The molecule has 2 aliphatic carbocycles. The Kier molecular flexibility index (Phi) is 3.60. The number of carbonyl (C=O) groups is 1. The molecule has 7 nitrogen and oxygen atoms in total. The highest BCUT2D eigenvalue weighted by molar-refractivity contribution is 5.76. The van der Waals surface area contributed by atoms with Crippen LogP contribution in [0.2, 0.25) is 0 Å². The van der Waals surface area contributed by atoms with Gasteiger partial charge in [0.15, 0.2) is 5.82 Å². The van der Waals surface area contributed by atoms with Crippen LogP contribution in [0.1, 0.15) is 55.6 Å². The first kappa shape index (κ1) is 15.1. The van der Waals surface area contributed by atoms with Crippen LogP contribution in [0.4, 0.5) is 0 Å². The molecule has 1 amide bonds. The zero-order valence-corrected chi connectivity index (χ0v) is 14.3. The van der Waals surface area contributed by atoms with Crippen LogP contribution in [0.15, 0.2) is 18.5 Å². The first-order chi connectivity index (χ1) is 12.3. The molecule has 1 aliphatic heterocycles. The van der Waals surface area contributed by atoms with Crippen molar-refractivity contribution in [2.75, 3.05) is 13.1 Å². The molecule has 0 spiro atoms. The van der Waals surface area contributed by atoms with Crippen molar-refractivity contribution in [2.24, 2.45) is 11.8 Å². The van der Waals surface area contributed by atoms with Crippen LogP contribution in [0.3, 0.4) is 0 Å². The maximum Gasteiger partial charge on any atom is 0.224 e. The molecule has 3 fully saturated rings. The average molecular weight is 340 g/mol. The largest absolute Gasteiger partial charge is 0.342 e. The third kappa shape index (κ3) is 3.07. The third-order valence-electron chi connectivity index (χ3n) is 5.87. The fourth-order valence-electron chi connectivity index (χ4n) is 4.10. The van der Waals surface area contributed by atoms with Gasteiger partial charge in [-0.05, 0) is 43.6 Å². The van der Waals surface area contributed by atoms with E-state index in [9.17, 15) is 4.79 Å². The second-order valence-corrected chi connectivity index (χ2v) is 7.78. The number of aromatic nitrogens is 5. The summed E-state index contributed by atoms with van der Waals surface area (Å²) in [6, 6.07) is 1.89. The standard InChI is InChI=1S/C18H24N6O/c25-16(6-9-24-8-1-7-19-24)23-10-14(12-2-3-12)15(11-23)18-20-17(21-22-18)13-4-5-13/h1,7-8,12-15H,2-6,9-11H2,(H,20,21,22)/t14-,15+/m1/s1. The smallest absolute Gasteiger partial charge is 0.224 e. The number of H-pyrrole nitrogens is 1. The lowest BCUT2D eigenvalue weighted by atomic mass is 9.91. The van der Waals surface area contributed by atoms with Crippen LogP contribution < -0.4 is 0 Å². The summed E-state index contributed by atoms with van der Waals surface area (Å²) in [5.41, 5.74) is 0. The van der Waals surface area contributed by atoms with Gasteiger partial charge in [0.05, 0.1) is 0 Å². The number of nitrogens with zero attached hydrogens (tertiary/aromatic N) is 5. The van der Waals surface area contributed by atoms with Crippen molar-refractivity contribution in [1.82, 2.24) is 29.9 Å². The normalized spacial score (nSPS) is 26.3. The van der Waals surface area contributed by atoms with Crippen molar-refractivity contribution in [1.29, 1.82) is 0 Å². The maximum absolute atomic E-state index is 12.7. The molecule has 2 atom stereocenters. The van der Waals surface area contributed by atoms with Gasteiger partial charge in [0.25, 0.3) is 0 Å². The first-order valence-electron chi connectivity index (χ1n) is 9.45. The molecule has 7 heteroatoms. The van der Waals surface area contributed by atoms with Gasteiger partial charge >= 0.3 is 0 Å². The second-order valence-electron chi connectivity index (χ2n) is 7.78. The minimum Gasteiger partial charge on any atom is -0.342 e. The third-order valence-corrected chi connectivity index (χ3v) is 5.87. The van der Waals surface area contributed by atoms with Gasteiger partial charge in [-0.15, -0.1) is 0 Å². The number of rotatable bonds is 6. The van der Waals surface area contributed by atoms with E-state index in [0.717, 1.165) is 30.7 Å². The Balaban J connectivity index is 1.27. The van der Waals surface area contributed by atoms with Crippen LogP contribution in [-0.2, 0) is 11.3 Å². The van der Waals surface area contributed by atoms with Crippen LogP contribution in [-0.4, -0.2) is 48.9 Å². The van der Waals surface area contributed by atoms with Crippen LogP contribution in [0.25, 0.3) is 0 Å². The molecule has 0 bridgehead atoms. The Bertz CT molecular complexity index is 745. The van der Waals surface area contributed by atoms with Gasteiger partial charge < -0.3 is 4.90 Å². The number of hydrogen-bond donors (Lipinski definition) is 1. The van der Waals surface area contributed by atoms with Crippen molar-refractivity contribution in [3.8, 4) is 0 Å². The topological polar surface area (TPSA) is 79.7 Å². The summed E-state index contributed by atoms with van der Waals surface area (Å²) < 4.78 is 1.82. The van der Waals surface area contributed by atoms with Crippen molar-refractivity contribution in [3.05, 3.63) is 30.1 Å². The highest BCUT2D eigenvalue weighted by Gasteiger charge is 2.45. The van der Waals surface area contributed by atoms with Crippen molar-refractivity contribution < 1.29 is 4.79 Å². The minimum atomic E-state index is 0.227. The molecule has 5 rings (SSSR count). The van der Waals surface area contributed by atoms with Gasteiger partial charge in [0, 0.05) is 50.3 Å². The van der Waals surface area contributed by atoms with Crippen molar-refractivity contribution in [2.45, 2.75) is 50.5 Å². The van der Waals surface area contributed by atoms with E-state index in [2.05, 4.69) is 15.3 Å². The van der Waals surface area contributed by atoms with Crippen LogP contribution in [0, 0.1) is 11.8 Å². The molecule has 1 saturated heterocycles. The molecule has 0 unspecified atom stereocenters. The second kappa shape index (κ2) is 5.97. The minimum absolute atomic E-state index is 0.227. The molecule has 0 radical (unpaired) electrons. The predicted molar refractivity (Wildman–Crippen MR) is 90.7 cm³/mol. The zero-order chi connectivity index (χ0) is 16.8. The number of nitrogens with one attached hydrogen (secondary N) is 1. The lowest BCUT2D eigenvalue weighted by molar-refractivity contribution is -0.130. The Hall–Kier alpha value is -2.18. The van der Waals surface area contributed by atoms with Gasteiger partial charge in [-0.1, -0.05) is 0 Å². The highest BCUT2D eigenvalue weighted by atomic mass is 16.2. The van der Waals surface area contributed by atoms with E-state index in [-0.39, 0.29) is 5.91 Å².